The first-order valence-electron chi connectivity index (χ1n) is 7.73. The molecular weight excluding hydrogens is 276 g/mol. The van der Waals surface area contributed by atoms with Gasteiger partial charge in [0.05, 0.1) is 0 Å². The van der Waals surface area contributed by atoms with E-state index in [2.05, 4.69) is 41.5 Å². The van der Waals surface area contributed by atoms with Crippen LogP contribution in [0.1, 0.15) is 89.4 Å². The Bertz CT molecular complexity index is 591. The van der Waals surface area contributed by atoms with Gasteiger partial charge in [-0.15, -0.1) is 0 Å². The van der Waals surface area contributed by atoms with Crippen molar-refractivity contribution >= 4 is 5.97 Å². The van der Waals surface area contributed by atoms with Gasteiger partial charge in [0.15, 0.2) is 0 Å². The van der Waals surface area contributed by atoms with Crippen molar-refractivity contribution in [3.63, 3.8) is 0 Å². The highest BCUT2D eigenvalue weighted by atomic mass is 16.4. The lowest BCUT2D eigenvalue weighted by molar-refractivity contribution is 0.0693. The van der Waals surface area contributed by atoms with Crippen molar-refractivity contribution in [2.75, 3.05) is 0 Å². The van der Waals surface area contributed by atoms with Gasteiger partial charge in [0.1, 0.15) is 11.3 Å². The van der Waals surface area contributed by atoms with Gasteiger partial charge >= 0.3 is 5.97 Å². The van der Waals surface area contributed by atoms with Gasteiger partial charge in [0, 0.05) is 5.56 Å². The second kappa shape index (κ2) is 5.29. The standard InChI is InChI=1S/C19H30O3/c1-17(2,3)12-10-11(16(21)22)15(20)14(19(7,8)9)13(12)18(4,5)6/h10,20H,1-9H3,(H,21,22). The van der Waals surface area contributed by atoms with E-state index in [4.69, 9.17) is 0 Å². The van der Waals surface area contributed by atoms with E-state index < -0.39 is 5.97 Å². The van der Waals surface area contributed by atoms with Crippen molar-refractivity contribution in [3.05, 3.63) is 28.3 Å². The van der Waals surface area contributed by atoms with Crippen molar-refractivity contribution < 1.29 is 15.0 Å². The maximum absolute atomic E-state index is 11.6. The summed E-state index contributed by atoms with van der Waals surface area (Å²) in [5, 5.41) is 20.1. The van der Waals surface area contributed by atoms with Gasteiger partial charge in [-0.3, -0.25) is 0 Å². The molecule has 0 atom stereocenters. The lowest BCUT2D eigenvalue weighted by Crippen LogP contribution is -2.29. The maximum Gasteiger partial charge on any atom is 0.339 e. The minimum absolute atomic E-state index is 0.0113. The molecule has 0 aliphatic carbocycles. The summed E-state index contributed by atoms with van der Waals surface area (Å²) in [6, 6.07) is 1.65. The van der Waals surface area contributed by atoms with Crippen LogP contribution in [0, 0.1) is 0 Å². The molecule has 0 aliphatic heterocycles. The van der Waals surface area contributed by atoms with Crippen LogP contribution in [-0.4, -0.2) is 16.2 Å². The van der Waals surface area contributed by atoms with E-state index in [1.165, 1.54) is 0 Å². The zero-order valence-electron chi connectivity index (χ0n) is 15.4. The van der Waals surface area contributed by atoms with Crippen LogP contribution in [0.15, 0.2) is 6.07 Å². The largest absolute Gasteiger partial charge is 0.507 e. The maximum atomic E-state index is 11.6. The minimum atomic E-state index is -1.09. The Morgan fingerprint density at radius 3 is 1.50 bits per heavy atom. The number of carboxylic acid groups (broad SMARTS) is 1. The molecule has 0 amide bonds. The van der Waals surface area contributed by atoms with Crippen molar-refractivity contribution in [1.82, 2.24) is 0 Å². The molecule has 0 spiro atoms. The molecule has 1 rings (SSSR count). The van der Waals surface area contributed by atoms with Crippen LogP contribution in [0.25, 0.3) is 0 Å². The van der Waals surface area contributed by atoms with Crippen molar-refractivity contribution in [2.45, 2.75) is 78.6 Å². The molecule has 0 unspecified atom stereocenters. The summed E-state index contributed by atoms with van der Waals surface area (Å²) in [5.74, 6) is -1.19. The van der Waals surface area contributed by atoms with Gasteiger partial charge in [-0.1, -0.05) is 62.3 Å². The van der Waals surface area contributed by atoms with Crippen LogP contribution in [0.4, 0.5) is 0 Å². The Kier molecular flexibility index (Phi) is 4.46. The van der Waals surface area contributed by atoms with E-state index in [0.29, 0.717) is 0 Å². The number of benzene rings is 1. The Labute approximate surface area is 134 Å². The Morgan fingerprint density at radius 2 is 1.23 bits per heavy atom. The second-order valence-electron chi connectivity index (χ2n) is 9.13. The average molecular weight is 306 g/mol. The van der Waals surface area contributed by atoms with Crippen LogP contribution in [-0.2, 0) is 16.2 Å². The molecule has 124 valence electrons. The fraction of sp³-hybridized carbons (Fsp3) is 0.632. The summed E-state index contributed by atoms with van der Waals surface area (Å²) in [7, 11) is 0. The topological polar surface area (TPSA) is 57.5 Å². The van der Waals surface area contributed by atoms with Gasteiger partial charge in [0.25, 0.3) is 0 Å². The third-order valence-corrected chi connectivity index (χ3v) is 3.84. The minimum Gasteiger partial charge on any atom is -0.507 e. The molecule has 22 heavy (non-hydrogen) atoms. The van der Waals surface area contributed by atoms with Gasteiger partial charge in [0.2, 0.25) is 0 Å². The molecule has 2 N–H and O–H groups in total. The van der Waals surface area contributed by atoms with E-state index in [1.807, 2.05) is 20.8 Å². The fourth-order valence-corrected chi connectivity index (χ4v) is 2.94. The van der Waals surface area contributed by atoms with Gasteiger partial charge in [-0.25, -0.2) is 4.79 Å². The normalized spacial score (nSPS) is 13.3. The molecule has 1 aromatic carbocycles. The summed E-state index contributed by atoms with van der Waals surface area (Å²) in [6.45, 7) is 18.6. The molecule has 0 fully saturated rings. The highest BCUT2D eigenvalue weighted by Crippen LogP contribution is 2.46. The Morgan fingerprint density at radius 1 is 0.818 bits per heavy atom. The number of aromatic hydroxyl groups is 1. The molecule has 0 bridgehead atoms. The van der Waals surface area contributed by atoms with E-state index in [1.54, 1.807) is 6.07 Å². The molecular formula is C19H30O3. The van der Waals surface area contributed by atoms with E-state index in [9.17, 15) is 15.0 Å². The van der Waals surface area contributed by atoms with Crippen LogP contribution in [0.5, 0.6) is 5.75 Å². The zero-order valence-corrected chi connectivity index (χ0v) is 15.4. The first-order chi connectivity index (χ1) is 9.58. The Balaban J connectivity index is 4.10. The Hall–Kier alpha value is -1.51. The summed E-state index contributed by atoms with van der Waals surface area (Å²) in [6.07, 6.45) is 0. The van der Waals surface area contributed by atoms with Gasteiger partial charge < -0.3 is 10.2 Å². The fourth-order valence-electron chi connectivity index (χ4n) is 2.94. The van der Waals surface area contributed by atoms with Crippen LogP contribution < -0.4 is 0 Å². The number of carboxylic acids is 1. The number of aromatic carboxylic acids is 1. The lowest BCUT2D eigenvalue weighted by atomic mass is 9.67. The first-order valence-corrected chi connectivity index (χ1v) is 7.73. The lowest BCUT2D eigenvalue weighted by Gasteiger charge is -2.37. The van der Waals surface area contributed by atoms with E-state index in [-0.39, 0.29) is 27.6 Å². The highest BCUT2D eigenvalue weighted by Gasteiger charge is 2.36. The van der Waals surface area contributed by atoms with Gasteiger partial charge in [-0.2, -0.15) is 0 Å². The molecule has 0 saturated carbocycles. The predicted octanol–water partition coefficient (Wildman–Crippen LogP) is 4.98. The van der Waals surface area contributed by atoms with Gasteiger partial charge in [-0.05, 0) is 33.4 Å². The van der Waals surface area contributed by atoms with Crippen LogP contribution in [0.3, 0.4) is 0 Å². The van der Waals surface area contributed by atoms with E-state index >= 15 is 0 Å². The number of hydrogen-bond acceptors (Lipinski definition) is 2. The molecule has 3 nitrogen and oxygen atoms in total. The molecule has 0 aliphatic rings. The summed E-state index contributed by atoms with van der Waals surface area (Å²) >= 11 is 0. The first kappa shape index (κ1) is 18.5. The molecule has 0 aromatic heterocycles. The number of phenols is 1. The molecule has 0 radical (unpaired) electrons. The highest BCUT2D eigenvalue weighted by molar-refractivity contribution is 5.92. The average Bonchev–Trinajstić information content (AvgIpc) is 2.22. The van der Waals surface area contributed by atoms with Crippen molar-refractivity contribution in [1.29, 1.82) is 0 Å². The predicted molar refractivity (Wildman–Crippen MR) is 91.2 cm³/mol. The van der Waals surface area contributed by atoms with Crippen molar-refractivity contribution in [3.8, 4) is 5.75 Å². The van der Waals surface area contributed by atoms with Crippen molar-refractivity contribution in [2.24, 2.45) is 0 Å². The molecule has 0 heterocycles. The quantitative estimate of drug-likeness (QED) is 0.769. The summed E-state index contributed by atoms with van der Waals surface area (Å²) in [4.78, 5) is 11.6. The molecule has 0 saturated heterocycles. The second-order valence-corrected chi connectivity index (χ2v) is 9.13. The summed E-state index contributed by atoms with van der Waals surface area (Å²) < 4.78 is 0. The third-order valence-electron chi connectivity index (χ3n) is 3.84. The van der Waals surface area contributed by atoms with Crippen LogP contribution in [0.2, 0.25) is 0 Å². The summed E-state index contributed by atoms with van der Waals surface area (Å²) in [5.41, 5.74) is 2.01. The van der Waals surface area contributed by atoms with E-state index in [0.717, 1.165) is 16.7 Å². The van der Waals surface area contributed by atoms with Crippen LogP contribution >= 0.6 is 0 Å². The molecule has 3 heteroatoms. The monoisotopic (exact) mass is 306 g/mol. The number of hydrogen-bond donors (Lipinski definition) is 2. The SMILES string of the molecule is CC(C)(C)c1cc(C(=O)O)c(O)c(C(C)(C)C)c1C(C)(C)C. The number of rotatable bonds is 1. The zero-order chi connectivity index (χ0) is 17.7. The number of carbonyl (C=O) groups is 1. The molecule has 1 aromatic rings. The third kappa shape index (κ3) is 3.45. The smallest absolute Gasteiger partial charge is 0.339 e.